The minimum absolute atomic E-state index is 0.0462. The molecule has 0 atom stereocenters. The Kier molecular flexibility index (Phi) is 5.58. The third kappa shape index (κ3) is 5.02. The van der Waals surface area contributed by atoms with Gasteiger partial charge in [-0.3, -0.25) is 0 Å². The Labute approximate surface area is 134 Å². The van der Waals surface area contributed by atoms with Crippen LogP contribution in [0.25, 0.3) is 0 Å². The number of rotatable bonds is 5. The fourth-order valence-corrected chi connectivity index (χ4v) is 3.31. The molecule has 21 heavy (non-hydrogen) atoms. The Morgan fingerprint density at radius 1 is 1.14 bits per heavy atom. The van der Waals surface area contributed by atoms with E-state index in [1.807, 2.05) is 0 Å². The standard InChI is InChI=1S/C12H16Cl2O5S2/c1-12(2,3)20(15,16)7-6-19-11-5-4-9(8-10(11)13)21(14,17)18/h4-5,8H,6-7H2,1-3H3. The number of halogens is 2. The number of benzene rings is 1. The molecular weight excluding hydrogens is 359 g/mol. The van der Waals surface area contributed by atoms with E-state index in [2.05, 4.69) is 0 Å². The first kappa shape index (κ1) is 18.5. The fraction of sp³-hybridized carbons (Fsp3) is 0.500. The van der Waals surface area contributed by atoms with E-state index in [9.17, 15) is 16.8 Å². The summed E-state index contributed by atoms with van der Waals surface area (Å²) in [7, 11) is -1.98. The Balaban J connectivity index is 2.79. The molecule has 0 radical (unpaired) electrons. The molecule has 9 heteroatoms. The molecule has 0 saturated heterocycles. The third-order valence-electron chi connectivity index (χ3n) is 2.73. The van der Waals surface area contributed by atoms with Crippen LogP contribution in [0.2, 0.25) is 5.02 Å². The summed E-state index contributed by atoms with van der Waals surface area (Å²) >= 11 is 5.88. The topological polar surface area (TPSA) is 77.5 Å². The van der Waals surface area contributed by atoms with E-state index in [-0.39, 0.29) is 28.0 Å². The van der Waals surface area contributed by atoms with Crippen molar-refractivity contribution < 1.29 is 21.6 Å². The van der Waals surface area contributed by atoms with Crippen LogP contribution in [0, 0.1) is 0 Å². The van der Waals surface area contributed by atoms with Crippen LogP contribution in [0.4, 0.5) is 0 Å². The maximum atomic E-state index is 11.9. The molecule has 0 aliphatic heterocycles. The van der Waals surface area contributed by atoms with Gasteiger partial charge in [-0.15, -0.1) is 0 Å². The largest absolute Gasteiger partial charge is 0.491 e. The fourth-order valence-electron chi connectivity index (χ4n) is 1.32. The first-order chi connectivity index (χ1) is 9.34. The van der Waals surface area contributed by atoms with Gasteiger partial charge in [0.25, 0.3) is 9.05 Å². The molecule has 0 fully saturated rings. The van der Waals surface area contributed by atoms with Crippen LogP contribution in [0.1, 0.15) is 20.8 Å². The van der Waals surface area contributed by atoms with Crippen molar-refractivity contribution >= 4 is 41.2 Å². The van der Waals surface area contributed by atoms with Crippen molar-refractivity contribution in [2.45, 2.75) is 30.4 Å². The summed E-state index contributed by atoms with van der Waals surface area (Å²) in [6.07, 6.45) is 0. The lowest BCUT2D eigenvalue weighted by Gasteiger charge is -2.19. The van der Waals surface area contributed by atoms with E-state index in [4.69, 9.17) is 27.0 Å². The SMILES string of the molecule is CC(C)(C)S(=O)(=O)CCOc1ccc(S(=O)(=O)Cl)cc1Cl. The van der Waals surface area contributed by atoms with Crippen LogP contribution in [-0.2, 0) is 18.9 Å². The maximum Gasteiger partial charge on any atom is 0.261 e. The lowest BCUT2D eigenvalue weighted by Crippen LogP contribution is -2.32. The summed E-state index contributed by atoms with van der Waals surface area (Å²) in [6, 6.07) is 3.72. The monoisotopic (exact) mass is 374 g/mol. The smallest absolute Gasteiger partial charge is 0.261 e. The molecule has 0 heterocycles. The van der Waals surface area contributed by atoms with Crippen molar-refractivity contribution in [2.75, 3.05) is 12.4 Å². The molecule has 0 aromatic heterocycles. The zero-order valence-corrected chi connectivity index (χ0v) is 14.9. The van der Waals surface area contributed by atoms with E-state index in [1.54, 1.807) is 20.8 Å². The molecule has 120 valence electrons. The number of ether oxygens (including phenoxy) is 1. The van der Waals surface area contributed by atoms with Crippen LogP contribution < -0.4 is 4.74 Å². The van der Waals surface area contributed by atoms with Crippen molar-refractivity contribution in [1.82, 2.24) is 0 Å². The van der Waals surface area contributed by atoms with E-state index >= 15 is 0 Å². The summed E-state index contributed by atoms with van der Waals surface area (Å²) in [5.41, 5.74) is 0. The highest BCUT2D eigenvalue weighted by Crippen LogP contribution is 2.29. The van der Waals surface area contributed by atoms with Crippen LogP contribution in [0.5, 0.6) is 5.75 Å². The summed E-state index contributed by atoms with van der Waals surface area (Å²) in [4.78, 5) is -0.149. The van der Waals surface area contributed by atoms with Gasteiger partial charge in [0.2, 0.25) is 0 Å². The van der Waals surface area contributed by atoms with E-state index < -0.39 is 23.6 Å². The van der Waals surface area contributed by atoms with Gasteiger partial charge < -0.3 is 4.74 Å². The molecule has 0 spiro atoms. The molecule has 0 amide bonds. The Morgan fingerprint density at radius 3 is 2.14 bits per heavy atom. The zero-order valence-electron chi connectivity index (χ0n) is 11.8. The minimum atomic E-state index is -3.87. The van der Waals surface area contributed by atoms with Crippen LogP contribution in [0.15, 0.2) is 23.1 Å². The zero-order chi connectivity index (χ0) is 16.5. The van der Waals surface area contributed by atoms with Crippen LogP contribution in [-0.4, -0.2) is 33.9 Å². The van der Waals surface area contributed by atoms with Crippen molar-refractivity contribution in [2.24, 2.45) is 0 Å². The lowest BCUT2D eigenvalue weighted by atomic mass is 10.3. The second-order valence-corrected chi connectivity index (χ2v) is 11.1. The van der Waals surface area contributed by atoms with E-state index in [0.29, 0.717) is 0 Å². The summed E-state index contributed by atoms with van der Waals surface area (Å²) < 4.78 is 50.5. The molecule has 0 N–H and O–H groups in total. The molecule has 0 bridgehead atoms. The molecule has 1 aromatic rings. The average Bonchev–Trinajstić information content (AvgIpc) is 2.28. The van der Waals surface area contributed by atoms with Crippen molar-refractivity contribution in [3.63, 3.8) is 0 Å². The van der Waals surface area contributed by atoms with Gasteiger partial charge in [0.15, 0.2) is 9.84 Å². The molecule has 1 aromatic carbocycles. The summed E-state index contributed by atoms with van der Waals surface area (Å²) in [6.45, 7) is 4.74. The number of hydrogen-bond acceptors (Lipinski definition) is 5. The van der Waals surface area contributed by atoms with Crippen molar-refractivity contribution in [3.8, 4) is 5.75 Å². The van der Waals surface area contributed by atoms with Gasteiger partial charge in [-0.1, -0.05) is 11.6 Å². The lowest BCUT2D eigenvalue weighted by molar-refractivity contribution is 0.339. The Hall–Kier alpha value is -0.500. The summed E-state index contributed by atoms with van der Waals surface area (Å²) in [5, 5.41) is 0.0462. The van der Waals surface area contributed by atoms with Gasteiger partial charge in [0, 0.05) is 10.7 Å². The highest BCUT2D eigenvalue weighted by molar-refractivity contribution is 8.13. The van der Waals surface area contributed by atoms with Gasteiger partial charge in [0.1, 0.15) is 12.4 Å². The highest BCUT2D eigenvalue weighted by atomic mass is 35.7. The van der Waals surface area contributed by atoms with E-state index in [1.165, 1.54) is 12.1 Å². The maximum absolute atomic E-state index is 11.9. The molecule has 0 aliphatic carbocycles. The third-order valence-corrected chi connectivity index (χ3v) is 6.94. The van der Waals surface area contributed by atoms with Gasteiger partial charge >= 0.3 is 0 Å². The first-order valence-corrected chi connectivity index (χ1v) is 10.3. The first-order valence-electron chi connectivity index (χ1n) is 5.94. The molecule has 0 unspecified atom stereocenters. The van der Waals surface area contributed by atoms with Crippen molar-refractivity contribution in [1.29, 1.82) is 0 Å². The molecule has 0 saturated carbocycles. The molecule has 0 aliphatic rings. The predicted octanol–water partition coefficient (Wildman–Crippen LogP) is 2.86. The Bertz CT molecular complexity index is 719. The quantitative estimate of drug-likeness (QED) is 0.740. The van der Waals surface area contributed by atoms with Gasteiger partial charge in [-0.2, -0.15) is 0 Å². The number of sulfone groups is 1. The molecular formula is C12H16Cl2O5S2. The van der Waals surface area contributed by atoms with Crippen LogP contribution >= 0.6 is 22.3 Å². The average molecular weight is 375 g/mol. The van der Waals surface area contributed by atoms with Gasteiger partial charge in [-0.25, -0.2) is 16.8 Å². The van der Waals surface area contributed by atoms with Crippen LogP contribution in [0.3, 0.4) is 0 Å². The van der Waals surface area contributed by atoms with E-state index in [0.717, 1.165) is 6.07 Å². The number of hydrogen-bond donors (Lipinski definition) is 0. The summed E-state index contributed by atoms with van der Waals surface area (Å²) in [5.74, 6) is 0.0346. The second kappa shape index (κ2) is 6.32. The minimum Gasteiger partial charge on any atom is -0.491 e. The normalized spacial score (nSPS) is 13.2. The van der Waals surface area contributed by atoms with Gasteiger partial charge in [-0.05, 0) is 39.0 Å². The highest BCUT2D eigenvalue weighted by Gasteiger charge is 2.28. The van der Waals surface area contributed by atoms with Crippen molar-refractivity contribution in [3.05, 3.63) is 23.2 Å². The van der Waals surface area contributed by atoms with Gasteiger partial charge in [0.05, 0.1) is 20.4 Å². The predicted molar refractivity (Wildman–Crippen MR) is 83.5 cm³/mol. The Morgan fingerprint density at radius 2 is 1.71 bits per heavy atom. The second-order valence-electron chi connectivity index (χ2n) is 5.31. The molecule has 1 rings (SSSR count). The molecule has 5 nitrogen and oxygen atoms in total.